The number of hydrogen-bond donors (Lipinski definition) is 0. The van der Waals surface area contributed by atoms with Gasteiger partial charge in [0, 0.05) is 29.8 Å². The topological polar surface area (TPSA) is 59.3 Å². The highest BCUT2D eigenvalue weighted by molar-refractivity contribution is 8.00. The van der Waals surface area contributed by atoms with E-state index in [0.29, 0.717) is 0 Å². The van der Waals surface area contributed by atoms with Gasteiger partial charge in [0.25, 0.3) is 5.69 Å². The fraction of sp³-hybridized carbons (Fsp3) is 0.154. The Hall–Kier alpha value is -2.08. The molecule has 0 N–H and O–H groups in total. The van der Waals surface area contributed by atoms with Crippen molar-refractivity contribution < 1.29 is 4.92 Å². The van der Waals surface area contributed by atoms with Crippen LogP contribution in [0.15, 0.2) is 47.5 Å². The van der Waals surface area contributed by atoms with E-state index in [1.54, 1.807) is 18.3 Å². The molecule has 0 spiro atoms. The van der Waals surface area contributed by atoms with Gasteiger partial charge in [0.2, 0.25) is 0 Å². The van der Waals surface area contributed by atoms with Gasteiger partial charge < -0.3 is 0 Å². The molecule has 5 nitrogen and oxygen atoms in total. The maximum absolute atomic E-state index is 10.8. The average molecular weight is 273 g/mol. The summed E-state index contributed by atoms with van der Waals surface area (Å²) in [5.41, 5.74) is 1.34. The Morgan fingerprint density at radius 2 is 2.21 bits per heavy atom. The number of non-ortho nitro benzene ring substituents is 1. The molecular formula is C13H11N3O2S. The number of nitro groups is 1. The van der Waals surface area contributed by atoms with Crippen LogP contribution in [0.25, 0.3) is 0 Å². The van der Waals surface area contributed by atoms with Crippen molar-refractivity contribution in [3.63, 3.8) is 0 Å². The van der Waals surface area contributed by atoms with E-state index in [1.165, 1.54) is 23.6 Å². The van der Waals surface area contributed by atoms with Crippen molar-refractivity contribution in [1.29, 1.82) is 0 Å². The Morgan fingerprint density at radius 1 is 1.32 bits per heavy atom. The van der Waals surface area contributed by atoms with Crippen molar-refractivity contribution >= 4 is 23.5 Å². The number of anilines is 1. The summed E-state index contributed by atoms with van der Waals surface area (Å²) in [4.78, 5) is 15.6. The van der Waals surface area contributed by atoms with E-state index < -0.39 is 0 Å². The Labute approximate surface area is 114 Å². The Balaban J connectivity index is 1.83. The number of fused-ring (bicyclic) bond motifs is 1. The van der Waals surface area contributed by atoms with Crippen LogP contribution in [0.1, 0.15) is 5.56 Å². The normalized spacial score (nSPS) is 13.4. The predicted octanol–water partition coefficient (Wildman–Crippen LogP) is 3.06. The first-order valence-electron chi connectivity index (χ1n) is 5.88. The minimum atomic E-state index is -0.375. The molecule has 1 aliphatic rings. The second-order valence-corrected chi connectivity index (χ2v) is 5.28. The van der Waals surface area contributed by atoms with Gasteiger partial charge in [0.15, 0.2) is 0 Å². The van der Waals surface area contributed by atoms with E-state index in [1.807, 2.05) is 12.1 Å². The summed E-state index contributed by atoms with van der Waals surface area (Å²) in [6, 6.07) is 10.7. The number of pyridine rings is 1. The molecule has 0 fully saturated rings. The SMILES string of the molecule is O=[N+]([O-])c1cccc(SN2CCc3cccnc32)c1. The Kier molecular flexibility index (Phi) is 3.08. The molecular weight excluding hydrogens is 262 g/mol. The standard InChI is InChI=1S/C13H11N3O2S/c17-16(18)11-4-1-5-12(9-11)19-15-8-6-10-3-2-7-14-13(10)15/h1-5,7,9H,6,8H2. The highest BCUT2D eigenvalue weighted by atomic mass is 32.2. The minimum absolute atomic E-state index is 0.116. The Morgan fingerprint density at radius 3 is 3.05 bits per heavy atom. The molecule has 0 atom stereocenters. The van der Waals surface area contributed by atoms with Crippen molar-refractivity contribution in [3.05, 3.63) is 58.3 Å². The largest absolute Gasteiger partial charge is 0.296 e. The third-order valence-corrected chi connectivity index (χ3v) is 3.97. The number of nitro benzene ring substituents is 1. The van der Waals surface area contributed by atoms with Crippen molar-refractivity contribution in [3.8, 4) is 0 Å². The molecule has 0 saturated carbocycles. The molecule has 0 amide bonds. The molecule has 2 aromatic rings. The van der Waals surface area contributed by atoms with Crippen LogP contribution in [0.4, 0.5) is 11.5 Å². The first-order valence-corrected chi connectivity index (χ1v) is 6.65. The highest BCUT2D eigenvalue weighted by Gasteiger charge is 2.21. The molecule has 1 aromatic heterocycles. The van der Waals surface area contributed by atoms with Crippen LogP contribution in [-0.2, 0) is 6.42 Å². The summed E-state index contributed by atoms with van der Waals surface area (Å²) in [5, 5.41) is 10.8. The fourth-order valence-electron chi connectivity index (χ4n) is 2.05. The molecule has 0 radical (unpaired) electrons. The first kappa shape index (κ1) is 12.0. The van der Waals surface area contributed by atoms with Gasteiger partial charge in [-0.1, -0.05) is 12.1 Å². The van der Waals surface area contributed by atoms with Gasteiger partial charge in [-0.2, -0.15) is 0 Å². The summed E-state index contributed by atoms with van der Waals surface area (Å²) in [6.07, 6.45) is 2.73. The minimum Gasteiger partial charge on any atom is -0.296 e. The molecule has 96 valence electrons. The van der Waals surface area contributed by atoms with Crippen molar-refractivity contribution in [2.24, 2.45) is 0 Å². The monoisotopic (exact) mass is 273 g/mol. The summed E-state index contributed by atoms with van der Waals surface area (Å²) in [5.74, 6) is 0.957. The van der Waals surface area contributed by atoms with Crippen LogP contribution in [-0.4, -0.2) is 16.5 Å². The van der Waals surface area contributed by atoms with Crippen LogP contribution in [0.3, 0.4) is 0 Å². The molecule has 1 aromatic carbocycles. The lowest BCUT2D eigenvalue weighted by Gasteiger charge is -2.16. The molecule has 1 aliphatic heterocycles. The molecule has 2 heterocycles. The average Bonchev–Trinajstić information content (AvgIpc) is 2.83. The smallest absolute Gasteiger partial charge is 0.270 e. The second kappa shape index (κ2) is 4.89. The van der Waals surface area contributed by atoms with E-state index in [4.69, 9.17) is 0 Å². The first-order chi connectivity index (χ1) is 9.24. The number of nitrogens with zero attached hydrogens (tertiary/aromatic N) is 3. The highest BCUT2D eigenvalue weighted by Crippen LogP contribution is 2.35. The summed E-state index contributed by atoms with van der Waals surface area (Å²) in [7, 11) is 0. The van der Waals surface area contributed by atoms with Crippen molar-refractivity contribution in [1.82, 2.24) is 4.98 Å². The van der Waals surface area contributed by atoms with Crippen LogP contribution >= 0.6 is 11.9 Å². The molecule has 19 heavy (non-hydrogen) atoms. The van der Waals surface area contributed by atoms with E-state index >= 15 is 0 Å². The van der Waals surface area contributed by atoms with Gasteiger partial charge in [0.1, 0.15) is 5.82 Å². The lowest BCUT2D eigenvalue weighted by molar-refractivity contribution is -0.385. The van der Waals surface area contributed by atoms with Gasteiger partial charge in [-0.15, -0.1) is 0 Å². The predicted molar refractivity (Wildman–Crippen MR) is 74.2 cm³/mol. The molecule has 6 heteroatoms. The van der Waals surface area contributed by atoms with Crippen LogP contribution in [0, 0.1) is 10.1 Å². The van der Waals surface area contributed by atoms with Crippen LogP contribution in [0.2, 0.25) is 0 Å². The lowest BCUT2D eigenvalue weighted by Crippen LogP contribution is -2.11. The van der Waals surface area contributed by atoms with Crippen molar-refractivity contribution in [2.75, 3.05) is 10.8 Å². The zero-order chi connectivity index (χ0) is 13.2. The third kappa shape index (κ3) is 2.39. The Bertz CT molecular complexity index is 633. The van der Waals surface area contributed by atoms with Gasteiger partial charge in [-0.05, 0) is 36.1 Å². The summed E-state index contributed by atoms with van der Waals surface area (Å²) >= 11 is 1.49. The van der Waals surface area contributed by atoms with Crippen LogP contribution in [0.5, 0.6) is 0 Å². The van der Waals surface area contributed by atoms with Gasteiger partial charge in [0.05, 0.1) is 4.92 Å². The molecule has 0 aliphatic carbocycles. The van der Waals surface area contributed by atoms with Crippen molar-refractivity contribution in [2.45, 2.75) is 11.3 Å². The quantitative estimate of drug-likeness (QED) is 0.488. The number of benzene rings is 1. The number of rotatable bonds is 3. The third-order valence-electron chi connectivity index (χ3n) is 2.93. The zero-order valence-corrected chi connectivity index (χ0v) is 10.8. The second-order valence-electron chi connectivity index (χ2n) is 4.18. The van der Waals surface area contributed by atoms with Gasteiger partial charge >= 0.3 is 0 Å². The maximum Gasteiger partial charge on any atom is 0.270 e. The molecule has 3 rings (SSSR count). The van der Waals surface area contributed by atoms with E-state index in [0.717, 1.165) is 23.7 Å². The molecule has 0 unspecified atom stereocenters. The van der Waals surface area contributed by atoms with Crippen LogP contribution < -0.4 is 4.31 Å². The number of hydrogen-bond acceptors (Lipinski definition) is 5. The lowest BCUT2D eigenvalue weighted by atomic mass is 10.2. The van der Waals surface area contributed by atoms with E-state index in [9.17, 15) is 10.1 Å². The molecule has 0 bridgehead atoms. The summed E-state index contributed by atoms with van der Waals surface area (Å²) < 4.78 is 2.08. The van der Waals surface area contributed by atoms with Gasteiger partial charge in [-0.3, -0.25) is 14.4 Å². The fourth-order valence-corrected chi connectivity index (χ4v) is 3.05. The summed E-state index contributed by atoms with van der Waals surface area (Å²) in [6.45, 7) is 0.875. The maximum atomic E-state index is 10.8. The molecule has 0 saturated heterocycles. The van der Waals surface area contributed by atoms with E-state index in [2.05, 4.69) is 15.4 Å². The van der Waals surface area contributed by atoms with E-state index in [-0.39, 0.29) is 10.6 Å². The zero-order valence-electron chi connectivity index (χ0n) is 10.0. The van der Waals surface area contributed by atoms with Gasteiger partial charge in [-0.25, -0.2) is 4.98 Å². The number of aromatic nitrogens is 1.